The van der Waals surface area contributed by atoms with E-state index >= 15 is 0 Å². The van der Waals surface area contributed by atoms with E-state index in [0.29, 0.717) is 12.2 Å². The van der Waals surface area contributed by atoms with Gasteiger partial charge in [0.1, 0.15) is 6.04 Å². The van der Waals surface area contributed by atoms with Crippen molar-refractivity contribution in [2.24, 2.45) is 0 Å². The molecule has 2 aliphatic heterocycles. The Bertz CT molecular complexity index is 1090. The van der Waals surface area contributed by atoms with Crippen LogP contribution in [0, 0.1) is 0 Å². The van der Waals surface area contributed by atoms with Crippen LogP contribution < -0.4 is 10.6 Å². The minimum Gasteiger partial charge on any atom is -0.380 e. The largest absolute Gasteiger partial charge is 0.380 e. The van der Waals surface area contributed by atoms with Gasteiger partial charge in [-0.1, -0.05) is 44.2 Å². The summed E-state index contributed by atoms with van der Waals surface area (Å²) in [4.78, 5) is 50.5. The molecule has 2 aliphatic rings. The molecule has 0 radical (unpaired) electrons. The van der Waals surface area contributed by atoms with Crippen molar-refractivity contribution >= 4 is 38.0 Å². The van der Waals surface area contributed by atoms with Crippen LogP contribution in [0.25, 0.3) is 0 Å². The van der Waals surface area contributed by atoms with Gasteiger partial charge in [0, 0.05) is 18.7 Å². The molecular weight excluding hydrogens is 445 g/mol. The van der Waals surface area contributed by atoms with E-state index in [9.17, 15) is 23.7 Å². The Morgan fingerprint density at radius 3 is 2.39 bits per heavy atom. The van der Waals surface area contributed by atoms with Crippen LogP contribution in [-0.4, -0.2) is 34.6 Å². The summed E-state index contributed by atoms with van der Waals surface area (Å²) in [5.41, 5.74) is 2.73. The molecule has 10 heteroatoms. The molecule has 172 valence electrons. The van der Waals surface area contributed by atoms with Crippen LogP contribution in [0.1, 0.15) is 58.5 Å². The highest BCUT2D eigenvalue weighted by Gasteiger charge is 2.45. The Labute approximate surface area is 192 Å². The highest BCUT2D eigenvalue weighted by atomic mass is 31.1. The van der Waals surface area contributed by atoms with E-state index in [-0.39, 0.29) is 39.3 Å². The number of rotatable bonds is 7. The highest BCUT2D eigenvalue weighted by molar-refractivity contribution is 7.17. The Hall–Kier alpha value is -3.42. The number of benzene rings is 2. The van der Waals surface area contributed by atoms with Crippen molar-refractivity contribution in [1.82, 2.24) is 10.2 Å². The Morgan fingerprint density at radius 1 is 1.03 bits per heavy atom. The van der Waals surface area contributed by atoms with Crippen molar-refractivity contribution < 1.29 is 28.3 Å². The molecule has 2 heterocycles. The average Bonchev–Trinajstić information content (AvgIpc) is 3.09. The quantitative estimate of drug-likeness (QED) is 0.470. The van der Waals surface area contributed by atoms with Gasteiger partial charge in [-0.15, -0.1) is 0 Å². The molecule has 1 unspecified atom stereocenters. The van der Waals surface area contributed by atoms with Gasteiger partial charge in [0.25, 0.3) is 11.8 Å². The second-order valence-corrected chi connectivity index (χ2v) is 7.60. The Morgan fingerprint density at radius 2 is 1.73 bits per heavy atom. The van der Waals surface area contributed by atoms with Gasteiger partial charge in [0.15, 0.2) is 0 Å². The van der Waals surface area contributed by atoms with Gasteiger partial charge in [0.05, 0.1) is 17.7 Å². The van der Waals surface area contributed by atoms with Crippen molar-refractivity contribution in [3.8, 4) is 0 Å². The van der Waals surface area contributed by atoms with Gasteiger partial charge < -0.3 is 5.32 Å². The zero-order valence-electron chi connectivity index (χ0n) is 18.3. The van der Waals surface area contributed by atoms with Crippen molar-refractivity contribution in [3.05, 3.63) is 64.7 Å². The highest BCUT2D eigenvalue weighted by Crippen LogP contribution is 2.32. The number of nitrogens with one attached hydrogen (secondary N) is 2. The molecule has 2 aromatic carbocycles. The summed E-state index contributed by atoms with van der Waals surface area (Å²) in [5, 5.41) is 5.37. The summed E-state index contributed by atoms with van der Waals surface area (Å²) in [6, 6.07) is 11.4. The maximum atomic E-state index is 13.1. The number of carbonyl (C=O) groups excluding carboxylic acids is 4. The number of hydrogen-bond donors (Lipinski definition) is 2. The number of anilines is 1. The minimum atomic E-state index is -0.999. The van der Waals surface area contributed by atoms with E-state index < -0.39 is 29.7 Å². The Kier molecular flexibility index (Phi) is 8.03. The van der Waals surface area contributed by atoms with E-state index in [1.165, 1.54) is 0 Å². The second-order valence-electron chi connectivity index (χ2n) is 7.19. The van der Waals surface area contributed by atoms with Crippen molar-refractivity contribution in [2.45, 2.75) is 45.9 Å². The first-order chi connectivity index (χ1) is 16.0. The number of amides is 4. The van der Waals surface area contributed by atoms with Crippen LogP contribution in [0.2, 0.25) is 0 Å². The lowest BCUT2D eigenvalue weighted by atomic mass is 10.0. The third-order valence-electron chi connectivity index (χ3n) is 5.26. The van der Waals surface area contributed by atoms with Gasteiger partial charge in [0.2, 0.25) is 11.8 Å². The first-order valence-electron chi connectivity index (χ1n) is 10.6. The molecular formula is C23H24N3O6P. The predicted octanol–water partition coefficient (Wildman–Crippen LogP) is 3.45. The fourth-order valence-corrected chi connectivity index (χ4v) is 3.92. The summed E-state index contributed by atoms with van der Waals surface area (Å²) < 4.78 is 15.2. The van der Waals surface area contributed by atoms with Crippen LogP contribution in [0.5, 0.6) is 0 Å². The molecule has 4 amide bonds. The summed E-state index contributed by atoms with van der Waals surface area (Å²) in [6.45, 7) is 4.63. The van der Waals surface area contributed by atoms with Crippen LogP contribution >= 0.6 is 8.69 Å². The van der Waals surface area contributed by atoms with Gasteiger partial charge in [-0.05, 0) is 29.7 Å². The first kappa shape index (κ1) is 24.2. The summed E-state index contributed by atoms with van der Waals surface area (Å²) in [7, 11) is -0.374. The van der Waals surface area contributed by atoms with Gasteiger partial charge in [-0.25, -0.2) is 4.57 Å². The van der Waals surface area contributed by atoms with E-state index in [4.69, 9.17) is 4.52 Å². The fraction of sp³-hybridized carbons (Fsp3) is 0.304. The minimum absolute atomic E-state index is 0.0737. The molecule has 1 atom stereocenters. The van der Waals surface area contributed by atoms with Crippen molar-refractivity contribution in [3.63, 3.8) is 0 Å². The van der Waals surface area contributed by atoms with Crippen molar-refractivity contribution in [2.75, 3.05) is 5.32 Å². The second kappa shape index (κ2) is 10.9. The number of nitrogens with zero attached hydrogens (tertiary/aromatic N) is 1. The van der Waals surface area contributed by atoms with E-state index in [0.717, 1.165) is 16.0 Å². The molecule has 0 saturated carbocycles. The molecule has 2 N–H and O–H groups in total. The number of piperidine rings is 1. The average molecular weight is 469 g/mol. The maximum Gasteiger partial charge on any atom is 0.327 e. The summed E-state index contributed by atoms with van der Waals surface area (Å²) in [6.07, 6.45) is 0.186. The smallest absolute Gasteiger partial charge is 0.327 e. The number of fused-ring (bicyclic) bond motifs is 1. The van der Waals surface area contributed by atoms with E-state index in [1.807, 2.05) is 38.1 Å². The normalized spacial score (nSPS) is 17.4. The van der Waals surface area contributed by atoms with Crippen LogP contribution in [0.3, 0.4) is 0 Å². The standard InChI is InChI=1S/C21H18N3O6P.C2H6/c25-17-9-8-16(19(26)23-17)24-20(27)14-2-1-3-15(18(14)21(24)28)22-10-12-4-6-13(7-5-12)11-30-31-29;1-2/h1-7,16,22H,8-11H2,(H,23,25,26);1-2H3. The summed E-state index contributed by atoms with van der Waals surface area (Å²) >= 11 is 0. The van der Waals surface area contributed by atoms with Crippen LogP contribution in [0.4, 0.5) is 5.69 Å². The monoisotopic (exact) mass is 469 g/mol. The molecule has 1 fully saturated rings. The number of carbonyl (C=O) groups is 4. The van der Waals surface area contributed by atoms with E-state index in [2.05, 4.69) is 10.6 Å². The SMILES string of the molecule is CC.O=POCc1ccc(CNc2cccc3c2C(=O)N(C2CCC(=O)NC2=O)C3=O)cc1. The molecule has 9 nitrogen and oxygen atoms in total. The molecule has 0 aromatic heterocycles. The molecule has 0 spiro atoms. The van der Waals surface area contributed by atoms with Gasteiger partial charge >= 0.3 is 8.69 Å². The zero-order chi connectivity index (χ0) is 24.0. The lowest BCUT2D eigenvalue weighted by Gasteiger charge is -2.27. The lowest BCUT2D eigenvalue weighted by Crippen LogP contribution is -2.54. The molecule has 1 saturated heterocycles. The number of imide groups is 2. The molecule has 0 bridgehead atoms. The molecule has 0 aliphatic carbocycles. The Balaban J connectivity index is 0.00000149. The van der Waals surface area contributed by atoms with Gasteiger partial charge in [-0.2, -0.15) is 0 Å². The third-order valence-corrected chi connectivity index (χ3v) is 5.49. The first-order valence-corrected chi connectivity index (χ1v) is 11.3. The van der Waals surface area contributed by atoms with Crippen LogP contribution in [-0.2, 0) is 31.8 Å². The fourth-order valence-electron chi connectivity index (χ4n) is 3.71. The molecule has 33 heavy (non-hydrogen) atoms. The topological polar surface area (TPSA) is 122 Å². The summed E-state index contributed by atoms with van der Waals surface area (Å²) in [5.74, 6) is -2.15. The van der Waals surface area contributed by atoms with E-state index in [1.54, 1.807) is 18.2 Å². The number of hydrogen-bond acceptors (Lipinski definition) is 7. The van der Waals surface area contributed by atoms with Crippen molar-refractivity contribution in [1.29, 1.82) is 0 Å². The maximum absolute atomic E-state index is 13.1. The third kappa shape index (κ3) is 5.16. The van der Waals surface area contributed by atoms with Crippen LogP contribution in [0.15, 0.2) is 42.5 Å². The lowest BCUT2D eigenvalue weighted by molar-refractivity contribution is -0.136. The zero-order valence-corrected chi connectivity index (χ0v) is 19.2. The molecule has 2 aromatic rings. The predicted molar refractivity (Wildman–Crippen MR) is 121 cm³/mol. The van der Waals surface area contributed by atoms with Gasteiger partial charge in [-0.3, -0.25) is 33.9 Å². The molecule has 4 rings (SSSR count).